The summed E-state index contributed by atoms with van der Waals surface area (Å²) in [6.45, 7) is 3.30. The fourth-order valence-electron chi connectivity index (χ4n) is 0.0783. The SMILES string of the molecule is C=C(Br)C(=O)[O][Hg]. The van der Waals surface area contributed by atoms with Crippen LogP contribution in [0.1, 0.15) is 0 Å². The number of hydrogen-bond acceptors (Lipinski definition) is 2. The predicted octanol–water partition coefficient (Wildman–Crippen LogP) is 0.900. The Labute approximate surface area is 66.7 Å². The zero-order valence-corrected chi connectivity index (χ0v) is 10.7. The first-order chi connectivity index (χ1) is 3.18. The summed E-state index contributed by atoms with van der Waals surface area (Å²) in [6, 6.07) is 0. The van der Waals surface area contributed by atoms with Gasteiger partial charge in [-0.05, 0) is 0 Å². The van der Waals surface area contributed by atoms with Crippen molar-refractivity contribution in [1.82, 2.24) is 0 Å². The van der Waals surface area contributed by atoms with Crippen molar-refractivity contribution in [3.63, 3.8) is 0 Å². The molecule has 0 atom stereocenters. The Bertz CT molecular complexity index is 101. The second-order valence-corrected chi connectivity index (χ2v) is 2.92. The van der Waals surface area contributed by atoms with Crippen molar-refractivity contribution < 1.29 is 34.0 Å². The summed E-state index contributed by atoms with van der Waals surface area (Å²) in [4.78, 5) is 10.2. The molecular formula is C3H2BrHgO2. The Morgan fingerprint density at radius 3 is 2.29 bits per heavy atom. The summed E-state index contributed by atoms with van der Waals surface area (Å²) < 4.78 is 4.71. The van der Waals surface area contributed by atoms with E-state index in [1.165, 1.54) is 0 Å². The van der Waals surface area contributed by atoms with Crippen molar-refractivity contribution in [1.29, 1.82) is 0 Å². The average molecular weight is 351 g/mol. The van der Waals surface area contributed by atoms with Crippen molar-refractivity contribution in [2.45, 2.75) is 0 Å². The van der Waals surface area contributed by atoms with Crippen LogP contribution < -0.4 is 0 Å². The van der Waals surface area contributed by atoms with E-state index >= 15 is 0 Å². The molecule has 0 N–H and O–H groups in total. The van der Waals surface area contributed by atoms with Crippen molar-refractivity contribution in [2.75, 3.05) is 0 Å². The van der Waals surface area contributed by atoms with Crippen LogP contribution in [-0.2, 0) is 34.0 Å². The maximum absolute atomic E-state index is 10.2. The van der Waals surface area contributed by atoms with E-state index in [-0.39, 0.29) is 32.5 Å². The number of carbonyl (C=O) groups excluding carboxylic acids is 1. The average Bonchev–Trinajstić information content (AvgIpc) is 1.65. The molecule has 0 saturated heterocycles. The van der Waals surface area contributed by atoms with Gasteiger partial charge >= 0.3 is 67.0 Å². The van der Waals surface area contributed by atoms with Gasteiger partial charge < -0.3 is 0 Å². The van der Waals surface area contributed by atoms with E-state index < -0.39 is 0 Å². The Balaban J connectivity index is 3.58. The second kappa shape index (κ2) is 3.61. The number of hydrogen-bond donors (Lipinski definition) is 0. The molecule has 0 saturated carbocycles. The first kappa shape index (κ1) is 7.63. The van der Waals surface area contributed by atoms with E-state index in [0.717, 1.165) is 0 Å². The van der Waals surface area contributed by atoms with Gasteiger partial charge in [0, 0.05) is 0 Å². The van der Waals surface area contributed by atoms with E-state index in [9.17, 15) is 4.79 Å². The Morgan fingerprint density at radius 2 is 2.29 bits per heavy atom. The van der Waals surface area contributed by atoms with Gasteiger partial charge in [-0.25, -0.2) is 0 Å². The van der Waals surface area contributed by atoms with Gasteiger partial charge in [0.2, 0.25) is 0 Å². The molecule has 0 aromatic heterocycles. The molecule has 0 unspecified atom stereocenters. The van der Waals surface area contributed by atoms with E-state index in [4.69, 9.17) is 0 Å². The van der Waals surface area contributed by atoms with Gasteiger partial charge in [0.05, 0.1) is 0 Å². The fraction of sp³-hybridized carbons (Fsp3) is 0. The molecule has 0 aromatic rings. The van der Waals surface area contributed by atoms with Crippen LogP contribution in [0.3, 0.4) is 0 Å². The third kappa shape index (κ3) is 3.23. The van der Waals surface area contributed by atoms with Crippen LogP contribution in [0.2, 0.25) is 0 Å². The predicted molar refractivity (Wildman–Crippen MR) is 24.2 cm³/mol. The topological polar surface area (TPSA) is 26.3 Å². The van der Waals surface area contributed by atoms with Gasteiger partial charge in [-0.2, -0.15) is 0 Å². The summed E-state index contributed by atoms with van der Waals surface area (Å²) in [5.74, 6) is -0.344. The van der Waals surface area contributed by atoms with Crippen LogP contribution in [0.25, 0.3) is 0 Å². The third-order valence-corrected chi connectivity index (χ3v) is 1.70. The minimum absolute atomic E-state index is 0.0823. The first-order valence-electron chi connectivity index (χ1n) is 1.49. The van der Waals surface area contributed by atoms with Crippen LogP contribution in [0.15, 0.2) is 11.1 Å². The van der Waals surface area contributed by atoms with Crippen LogP contribution in [0.5, 0.6) is 0 Å². The molecule has 0 aliphatic heterocycles. The normalized spacial score (nSPS) is 7.86. The molecule has 0 aromatic carbocycles. The molecule has 0 spiro atoms. The van der Waals surface area contributed by atoms with E-state index in [1.807, 2.05) is 0 Å². The summed E-state index contributed by atoms with van der Waals surface area (Å²) in [5.41, 5.74) is 0. The molecule has 0 fully saturated rings. The Kier molecular flexibility index (Phi) is 3.93. The second-order valence-electron chi connectivity index (χ2n) is 0.837. The molecule has 0 aliphatic rings. The summed E-state index contributed by atoms with van der Waals surface area (Å²) in [6.07, 6.45) is 0. The van der Waals surface area contributed by atoms with Gasteiger partial charge in [0.25, 0.3) is 0 Å². The Hall–Kier alpha value is 0.625. The molecule has 0 radical (unpaired) electrons. The molecule has 7 heavy (non-hydrogen) atoms. The van der Waals surface area contributed by atoms with Gasteiger partial charge in [-0.1, -0.05) is 0 Å². The fourth-order valence-corrected chi connectivity index (χ4v) is 1.69. The number of rotatable bonds is 1. The summed E-state index contributed by atoms with van der Waals surface area (Å²) in [5, 5.41) is 0. The molecular weight excluding hydrogens is 349 g/mol. The van der Waals surface area contributed by atoms with Gasteiger partial charge in [0.1, 0.15) is 0 Å². The molecule has 0 rings (SSSR count). The third-order valence-electron chi connectivity index (χ3n) is 0.353. The summed E-state index contributed by atoms with van der Waals surface area (Å²) in [7, 11) is 0. The van der Waals surface area contributed by atoms with Gasteiger partial charge in [-0.15, -0.1) is 0 Å². The Morgan fingerprint density at radius 1 is 1.86 bits per heavy atom. The van der Waals surface area contributed by atoms with Crippen molar-refractivity contribution >= 4 is 21.9 Å². The molecule has 2 nitrogen and oxygen atoms in total. The molecule has 4 heteroatoms. The molecule has 0 heterocycles. The van der Waals surface area contributed by atoms with Crippen molar-refractivity contribution in [2.24, 2.45) is 0 Å². The quantitative estimate of drug-likeness (QED) is 0.519. The molecule has 0 aliphatic carbocycles. The van der Waals surface area contributed by atoms with Crippen molar-refractivity contribution in [3.8, 4) is 0 Å². The van der Waals surface area contributed by atoms with Crippen LogP contribution in [0.4, 0.5) is 0 Å². The van der Waals surface area contributed by atoms with Gasteiger partial charge in [0.15, 0.2) is 0 Å². The zero-order chi connectivity index (χ0) is 5.86. The van der Waals surface area contributed by atoms with E-state index in [2.05, 4.69) is 25.2 Å². The first-order valence-corrected chi connectivity index (χ1v) is 4.53. The molecule has 0 amide bonds. The number of halogens is 1. The standard InChI is InChI=1S/C3H3BrO2.Hg/c1-2(4)3(5)6;/h1H2,(H,5,6);/q;+1/p-1. The van der Waals surface area contributed by atoms with Gasteiger partial charge in [-0.3, -0.25) is 0 Å². The molecule has 0 bridgehead atoms. The van der Waals surface area contributed by atoms with Crippen molar-refractivity contribution in [3.05, 3.63) is 11.1 Å². The maximum atomic E-state index is 10.2. The number of carbonyl (C=O) groups is 1. The minimum atomic E-state index is -0.344. The zero-order valence-electron chi connectivity index (χ0n) is 3.61. The van der Waals surface area contributed by atoms with Crippen LogP contribution >= 0.6 is 15.9 Å². The monoisotopic (exact) mass is 351 g/mol. The van der Waals surface area contributed by atoms with E-state index in [1.54, 1.807) is 0 Å². The van der Waals surface area contributed by atoms with E-state index in [0.29, 0.717) is 4.48 Å². The van der Waals surface area contributed by atoms with Crippen LogP contribution in [-0.4, -0.2) is 5.97 Å². The molecule has 35 valence electrons. The summed E-state index contributed by atoms with van der Waals surface area (Å²) >= 11 is 2.94. The van der Waals surface area contributed by atoms with Crippen LogP contribution in [0, 0.1) is 0 Å².